The van der Waals surface area contributed by atoms with Gasteiger partial charge in [0, 0.05) is 19.7 Å². The fourth-order valence-electron chi connectivity index (χ4n) is 2.24. The van der Waals surface area contributed by atoms with Gasteiger partial charge in [0.1, 0.15) is 0 Å². The van der Waals surface area contributed by atoms with Crippen molar-refractivity contribution < 1.29 is 22.7 Å². The van der Waals surface area contributed by atoms with Crippen LogP contribution in [0.2, 0.25) is 0 Å². The van der Waals surface area contributed by atoms with Crippen LogP contribution in [-0.4, -0.2) is 46.7 Å². The lowest BCUT2D eigenvalue weighted by atomic mass is 10.1. The molecule has 8 heteroatoms. The van der Waals surface area contributed by atoms with E-state index in [0.29, 0.717) is 11.3 Å². The SMILES string of the molecule is CNC(=O)c1ccccc1NC(=O)c1ccc(S(=O)(=O)CCOC)cc1. The van der Waals surface area contributed by atoms with Crippen molar-refractivity contribution in [1.82, 2.24) is 5.32 Å². The van der Waals surface area contributed by atoms with Crippen molar-refractivity contribution in [3.8, 4) is 0 Å². The average Bonchev–Trinajstić information content (AvgIpc) is 2.66. The molecule has 0 atom stereocenters. The van der Waals surface area contributed by atoms with E-state index in [9.17, 15) is 18.0 Å². The van der Waals surface area contributed by atoms with Crippen LogP contribution in [0.25, 0.3) is 0 Å². The Morgan fingerprint density at radius 1 is 1.00 bits per heavy atom. The van der Waals surface area contributed by atoms with Gasteiger partial charge in [0.05, 0.1) is 28.5 Å². The minimum Gasteiger partial charge on any atom is -0.384 e. The van der Waals surface area contributed by atoms with Gasteiger partial charge in [0.15, 0.2) is 9.84 Å². The molecule has 2 aromatic rings. The first-order valence-electron chi connectivity index (χ1n) is 7.83. The maximum atomic E-state index is 12.4. The van der Waals surface area contributed by atoms with Gasteiger partial charge in [0.25, 0.3) is 11.8 Å². The number of hydrogen-bond donors (Lipinski definition) is 2. The van der Waals surface area contributed by atoms with E-state index >= 15 is 0 Å². The average molecular weight is 376 g/mol. The summed E-state index contributed by atoms with van der Waals surface area (Å²) in [6.45, 7) is 0.0981. The summed E-state index contributed by atoms with van der Waals surface area (Å²) < 4.78 is 29.0. The third-order valence-electron chi connectivity index (χ3n) is 3.68. The van der Waals surface area contributed by atoms with E-state index in [1.54, 1.807) is 24.3 Å². The molecule has 138 valence electrons. The van der Waals surface area contributed by atoms with Crippen molar-refractivity contribution >= 4 is 27.3 Å². The number of rotatable bonds is 7. The predicted octanol–water partition coefficient (Wildman–Crippen LogP) is 1.72. The maximum Gasteiger partial charge on any atom is 0.255 e. The number of carbonyl (C=O) groups excluding carboxylic acids is 2. The lowest BCUT2D eigenvalue weighted by Crippen LogP contribution is -2.21. The highest BCUT2D eigenvalue weighted by Gasteiger charge is 2.16. The van der Waals surface area contributed by atoms with E-state index in [2.05, 4.69) is 10.6 Å². The maximum absolute atomic E-state index is 12.4. The Morgan fingerprint density at radius 3 is 2.27 bits per heavy atom. The van der Waals surface area contributed by atoms with Crippen LogP contribution in [0.4, 0.5) is 5.69 Å². The Kier molecular flexibility index (Phi) is 6.48. The molecule has 2 rings (SSSR count). The summed E-state index contributed by atoms with van der Waals surface area (Å²) in [7, 11) is -0.521. The Labute approximate surface area is 152 Å². The molecule has 0 aliphatic rings. The Balaban J connectivity index is 2.18. The molecule has 2 amide bonds. The van der Waals surface area contributed by atoms with Gasteiger partial charge in [-0.25, -0.2) is 8.42 Å². The number of methoxy groups -OCH3 is 1. The second-order valence-corrected chi connectivity index (χ2v) is 7.52. The van der Waals surface area contributed by atoms with E-state index in [4.69, 9.17) is 4.74 Å². The predicted molar refractivity (Wildman–Crippen MR) is 98.2 cm³/mol. The molecule has 7 nitrogen and oxygen atoms in total. The molecule has 0 fully saturated rings. The van der Waals surface area contributed by atoms with Crippen molar-refractivity contribution in [2.75, 3.05) is 31.8 Å². The van der Waals surface area contributed by atoms with E-state index in [1.165, 1.54) is 38.4 Å². The van der Waals surface area contributed by atoms with Gasteiger partial charge in [0.2, 0.25) is 0 Å². The van der Waals surface area contributed by atoms with Crippen LogP contribution >= 0.6 is 0 Å². The first kappa shape index (κ1) is 19.6. The van der Waals surface area contributed by atoms with Crippen molar-refractivity contribution in [2.24, 2.45) is 0 Å². The molecular weight excluding hydrogens is 356 g/mol. The zero-order valence-electron chi connectivity index (χ0n) is 14.5. The minimum atomic E-state index is -3.45. The molecule has 0 unspecified atom stereocenters. The number of benzene rings is 2. The highest BCUT2D eigenvalue weighted by atomic mass is 32.2. The van der Waals surface area contributed by atoms with Gasteiger partial charge in [-0.3, -0.25) is 9.59 Å². The first-order chi connectivity index (χ1) is 12.4. The van der Waals surface area contributed by atoms with E-state index in [1.807, 2.05) is 0 Å². The number of amides is 2. The standard InChI is InChI=1S/C18H20N2O5S/c1-19-18(22)15-5-3-4-6-16(15)20-17(21)13-7-9-14(10-8-13)26(23,24)12-11-25-2/h3-10H,11-12H2,1-2H3,(H,19,22)(H,20,21). The lowest BCUT2D eigenvalue weighted by Gasteiger charge is -2.10. The number of sulfone groups is 1. The van der Waals surface area contributed by atoms with Crippen molar-refractivity contribution in [3.63, 3.8) is 0 Å². The molecule has 0 bridgehead atoms. The molecule has 2 aromatic carbocycles. The summed E-state index contributed by atoms with van der Waals surface area (Å²) >= 11 is 0. The largest absolute Gasteiger partial charge is 0.384 e. The van der Waals surface area contributed by atoms with Crippen LogP contribution in [0.1, 0.15) is 20.7 Å². The van der Waals surface area contributed by atoms with E-state index in [0.717, 1.165) is 0 Å². The molecule has 0 aliphatic heterocycles. The van der Waals surface area contributed by atoms with Gasteiger partial charge in [-0.2, -0.15) is 0 Å². The minimum absolute atomic E-state index is 0.0981. The summed E-state index contributed by atoms with van der Waals surface area (Å²) in [4.78, 5) is 24.4. The molecule has 0 saturated heterocycles. The molecule has 0 heterocycles. The third kappa shape index (κ3) is 4.68. The molecule has 0 aromatic heterocycles. The van der Waals surface area contributed by atoms with Crippen LogP contribution in [0.5, 0.6) is 0 Å². The van der Waals surface area contributed by atoms with Crippen LogP contribution in [0, 0.1) is 0 Å². The lowest BCUT2D eigenvalue weighted by molar-refractivity contribution is 0.0964. The van der Waals surface area contributed by atoms with Crippen LogP contribution in [0.3, 0.4) is 0 Å². The number of hydrogen-bond acceptors (Lipinski definition) is 5. The number of nitrogens with one attached hydrogen (secondary N) is 2. The number of para-hydroxylation sites is 1. The molecule has 0 radical (unpaired) electrons. The second kappa shape index (κ2) is 8.59. The van der Waals surface area contributed by atoms with Crippen LogP contribution in [-0.2, 0) is 14.6 Å². The van der Waals surface area contributed by atoms with Gasteiger partial charge >= 0.3 is 0 Å². The topological polar surface area (TPSA) is 102 Å². The quantitative estimate of drug-likeness (QED) is 0.766. The van der Waals surface area contributed by atoms with Gasteiger partial charge in [-0.1, -0.05) is 12.1 Å². The monoisotopic (exact) mass is 376 g/mol. The molecule has 0 saturated carbocycles. The molecule has 26 heavy (non-hydrogen) atoms. The molecule has 2 N–H and O–H groups in total. The molecular formula is C18H20N2O5S. The van der Waals surface area contributed by atoms with Crippen LogP contribution in [0.15, 0.2) is 53.4 Å². The fourth-order valence-corrected chi connectivity index (χ4v) is 3.42. The molecule has 0 aliphatic carbocycles. The third-order valence-corrected chi connectivity index (χ3v) is 5.37. The van der Waals surface area contributed by atoms with Gasteiger partial charge in [-0.05, 0) is 36.4 Å². The van der Waals surface area contributed by atoms with Gasteiger partial charge in [-0.15, -0.1) is 0 Å². The number of carbonyl (C=O) groups is 2. The zero-order chi connectivity index (χ0) is 19.2. The Hall–Kier alpha value is -2.71. The summed E-state index contributed by atoms with van der Waals surface area (Å²) in [6.07, 6.45) is 0. The smallest absolute Gasteiger partial charge is 0.255 e. The van der Waals surface area contributed by atoms with E-state index in [-0.39, 0.29) is 28.7 Å². The molecule has 0 spiro atoms. The van der Waals surface area contributed by atoms with Crippen molar-refractivity contribution in [2.45, 2.75) is 4.90 Å². The van der Waals surface area contributed by atoms with Crippen molar-refractivity contribution in [1.29, 1.82) is 0 Å². The number of ether oxygens (including phenoxy) is 1. The second-order valence-electron chi connectivity index (χ2n) is 5.41. The normalized spacial score (nSPS) is 11.0. The summed E-state index contributed by atoms with van der Waals surface area (Å²) in [5, 5.41) is 5.17. The summed E-state index contributed by atoms with van der Waals surface area (Å²) in [5.41, 5.74) is 0.984. The van der Waals surface area contributed by atoms with E-state index < -0.39 is 15.7 Å². The summed E-state index contributed by atoms with van der Waals surface area (Å²) in [5.74, 6) is -0.892. The van der Waals surface area contributed by atoms with Crippen LogP contribution < -0.4 is 10.6 Å². The van der Waals surface area contributed by atoms with Crippen molar-refractivity contribution in [3.05, 3.63) is 59.7 Å². The fraction of sp³-hybridized carbons (Fsp3) is 0.222. The number of anilines is 1. The zero-order valence-corrected chi connectivity index (χ0v) is 15.3. The Bertz CT molecular complexity index is 892. The first-order valence-corrected chi connectivity index (χ1v) is 9.48. The Morgan fingerprint density at radius 2 is 1.65 bits per heavy atom. The highest BCUT2D eigenvalue weighted by molar-refractivity contribution is 7.91. The summed E-state index contributed by atoms with van der Waals surface area (Å²) in [6, 6.07) is 12.2. The highest BCUT2D eigenvalue weighted by Crippen LogP contribution is 2.17. The van der Waals surface area contributed by atoms with Gasteiger partial charge < -0.3 is 15.4 Å².